The Labute approximate surface area is 157 Å². The van der Waals surface area contributed by atoms with Crippen LogP contribution in [0.4, 0.5) is 11.4 Å². The molecule has 1 atom stereocenters. The zero-order chi connectivity index (χ0) is 19.3. The van der Waals surface area contributed by atoms with Crippen molar-refractivity contribution >= 4 is 34.8 Å². The second-order valence-electron chi connectivity index (χ2n) is 5.86. The van der Waals surface area contributed by atoms with Crippen molar-refractivity contribution in [2.24, 2.45) is 0 Å². The van der Waals surface area contributed by atoms with Crippen LogP contribution in [0.2, 0.25) is 5.02 Å². The van der Waals surface area contributed by atoms with Gasteiger partial charge in [0.15, 0.2) is 0 Å². The van der Waals surface area contributed by atoms with Gasteiger partial charge in [-0.1, -0.05) is 29.3 Å². The highest BCUT2D eigenvalue weighted by Gasteiger charge is 2.20. The summed E-state index contributed by atoms with van der Waals surface area (Å²) in [4.78, 5) is 24.4. The van der Waals surface area contributed by atoms with Crippen LogP contribution < -0.4 is 21.1 Å². The van der Waals surface area contributed by atoms with Crippen LogP contribution in [-0.2, 0) is 9.59 Å². The van der Waals surface area contributed by atoms with Crippen molar-refractivity contribution in [3.63, 3.8) is 0 Å². The highest BCUT2D eigenvalue weighted by atomic mass is 35.5. The fourth-order valence-electron chi connectivity index (χ4n) is 2.44. The fourth-order valence-corrected chi connectivity index (χ4v) is 2.68. The molecule has 6 nitrogen and oxygen atoms in total. The van der Waals surface area contributed by atoms with E-state index in [1.54, 1.807) is 19.1 Å². The van der Waals surface area contributed by atoms with Gasteiger partial charge in [-0.05, 0) is 45.0 Å². The van der Waals surface area contributed by atoms with E-state index in [0.29, 0.717) is 23.7 Å². The van der Waals surface area contributed by atoms with Gasteiger partial charge in [0, 0.05) is 11.3 Å². The van der Waals surface area contributed by atoms with Gasteiger partial charge in [-0.15, -0.1) is 0 Å². The van der Waals surface area contributed by atoms with Gasteiger partial charge in [0.1, 0.15) is 5.75 Å². The van der Waals surface area contributed by atoms with Gasteiger partial charge in [-0.2, -0.15) is 0 Å². The van der Waals surface area contributed by atoms with Crippen LogP contribution in [0.25, 0.3) is 0 Å². The van der Waals surface area contributed by atoms with Crippen molar-refractivity contribution in [3.05, 3.63) is 52.5 Å². The van der Waals surface area contributed by atoms with Crippen molar-refractivity contribution in [1.29, 1.82) is 0 Å². The number of aryl methyl sites for hydroxylation is 1. The second kappa shape index (κ2) is 8.58. The molecule has 0 spiro atoms. The number of anilines is 2. The third-order valence-electron chi connectivity index (χ3n) is 3.73. The minimum atomic E-state index is -0.811. The molecule has 1 unspecified atom stereocenters. The first-order valence-electron chi connectivity index (χ1n) is 8.22. The number of hydrogen-bond donors (Lipinski definition) is 3. The van der Waals surface area contributed by atoms with Crippen LogP contribution in [-0.4, -0.2) is 18.4 Å². The van der Waals surface area contributed by atoms with E-state index < -0.39 is 17.9 Å². The average molecular weight is 376 g/mol. The summed E-state index contributed by atoms with van der Waals surface area (Å²) in [7, 11) is 0. The summed E-state index contributed by atoms with van der Waals surface area (Å²) in [5.74, 6) is -0.906. The lowest BCUT2D eigenvalue weighted by Crippen LogP contribution is -2.37. The SMILES string of the molecule is CCOc1ccc(C)cc1C(C)NC(=O)C(=O)Nc1ccc(N)cc1Cl. The van der Waals surface area contributed by atoms with Crippen LogP contribution in [0, 0.1) is 6.92 Å². The lowest BCUT2D eigenvalue weighted by atomic mass is 10.0. The predicted octanol–water partition coefficient (Wildman–Crippen LogP) is 3.45. The van der Waals surface area contributed by atoms with Gasteiger partial charge in [0.2, 0.25) is 0 Å². The van der Waals surface area contributed by atoms with E-state index in [-0.39, 0.29) is 5.02 Å². The van der Waals surface area contributed by atoms with Gasteiger partial charge >= 0.3 is 11.8 Å². The summed E-state index contributed by atoms with van der Waals surface area (Å²) in [6.07, 6.45) is 0. The highest BCUT2D eigenvalue weighted by molar-refractivity contribution is 6.41. The van der Waals surface area contributed by atoms with Crippen LogP contribution in [0.1, 0.15) is 31.0 Å². The summed E-state index contributed by atoms with van der Waals surface area (Å²) in [5, 5.41) is 5.41. The molecule has 0 aromatic heterocycles. The molecule has 138 valence electrons. The minimum Gasteiger partial charge on any atom is -0.494 e. The second-order valence-corrected chi connectivity index (χ2v) is 6.27. The maximum atomic E-state index is 12.2. The number of benzene rings is 2. The van der Waals surface area contributed by atoms with Gasteiger partial charge in [0.05, 0.1) is 23.4 Å². The molecule has 0 fully saturated rings. The Morgan fingerprint density at radius 1 is 1.19 bits per heavy atom. The van der Waals surface area contributed by atoms with Crippen LogP contribution >= 0.6 is 11.6 Å². The maximum absolute atomic E-state index is 12.2. The maximum Gasteiger partial charge on any atom is 0.313 e. The van der Waals surface area contributed by atoms with Crippen molar-refractivity contribution in [2.75, 3.05) is 17.7 Å². The largest absolute Gasteiger partial charge is 0.494 e. The molecular formula is C19H22ClN3O3. The molecule has 0 saturated carbocycles. The van der Waals surface area contributed by atoms with E-state index in [9.17, 15) is 9.59 Å². The predicted molar refractivity (Wildman–Crippen MR) is 103 cm³/mol. The lowest BCUT2D eigenvalue weighted by Gasteiger charge is -2.18. The molecule has 2 amide bonds. The summed E-state index contributed by atoms with van der Waals surface area (Å²) in [5.41, 5.74) is 8.23. The zero-order valence-electron chi connectivity index (χ0n) is 14.9. The molecule has 2 aromatic rings. The first-order valence-corrected chi connectivity index (χ1v) is 8.59. The molecule has 0 saturated heterocycles. The quantitative estimate of drug-likeness (QED) is 0.551. The van der Waals surface area contributed by atoms with E-state index >= 15 is 0 Å². The molecule has 0 aliphatic rings. The number of carbonyl (C=O) groups is 2. The Kier molecular flexibility index (Phi) is 6.46. The molecule has 4 N–H and O–H groups in total. The molecule has 2 rings (SSSR count). The van der Waals surface area contributed by atoms with E-state index in [1.807, 2.05) is 32.0 Å². The first kappa shape index (κ1) is 19.6. The number of nitrogens with two attached hydrogens (primary N) is 1. The average Bonchev–Trinajstić information content (AvgIpc) is 2.58. The van der Waals surface area contributed by atoms with E-state index in [2.05, 4.69) is 10.6 Å². The normalized spacial score (nSPS) is 11.5. The van der Waals surface area contributed by atoms with Gasteiger partial charge in [-0.25, -0.2) is 0 Å². The highest BCUT2D eigenvalue weighted by Crippen LogP contribution is 2.27. The minimum absolute atomic E-state index is 0.261. The first-order chi connectivity index (χ1) is 12.3. The summed E-state index contributed by atoms with van der Waals surface area (Å²) < 4.78 is 5.60. The third-order valence-corrected chi connectivity index (χ3v) is 4.04. The monoisotopic (exact) mass is 375 g/mol. The number of amides is 2. The molecule has 2 aromatic carbocycles. The standard InChI is InChI=1S/C19H22ClN3O3/c1-4-26-17-8-5-11(2)9-14(17)12(3)22-18(24)19(25)23-16-7-6-13(21)10-15(16)20/h5-10,12H,4,21H2,1-3H3,(H,22,24)(H,23,25). The van der Waals surface area contributed by atoms with E-state index in [4.69, 9.17) is 22.1 Å². The number of nitrogen functional groups attached to an aromatic ring is 1. The lowest BCUT2D eigenvalue weighted by molar-refractivity contribution is -0.136. The zero-order valence-corrected chi connectivity index (χ0v) is 15.7. The van der Waals surface area contributed by atoms with E-state index in [1.165, 1.54) is 6.07 Å². The smallest absolute Gasteiger partial charge is 0.313 e. The number of nitrogens with one attached hydrogen (secondary N) is 2. The molecule has 7 heteroatoms. The number of rotatable bonds is 5. The summed E-state index contributed by atoms with van der Waals surface area (Å²) in [6, 6.07) is 9.92. The Balaban J connectivity index is 2.09. The molecular weight excluding hydrogens is 354 g/mol. The molecule has 0 heterocycles. The van der Waals surface area contributed by atoms with Crippen molar-refractivity contribution in [2.45, 2.75) is 26.8 Å². The van der Waals surface area contributed by atoms with Gasteiger partial charge in [-0.3, -0.25) is 9.59 Å². The van der Waals surface area contributed by atoms with Crippen molar-refractivity contribution in [1.82, 2.24) is 5.32 Å². The third kappa shape index (κ3) is 4.89. The van der Waals surface area contributed by atoms with Crippen LogP contribution in [0.5, 0.6) is 5.75 Å². The van der Waals surface area contributed by atoms with Gasteiger partial charge < -0.3 is 21.1 Å². The number of halogens is 1. The Morgan fingerprint density at radius 3 is 2.58 bits per heavy atom. The molecule has 0 bridgehead atoms. The molecule has 0 aliphatic carbocycles. The number of hydrogen-bond acceptors (Lipinski definition) is 4. The van der Waals surface area contributed by atoms with Gasteiger partial charge in [0.25, 0.3) is 0 Å². The topological polar surface area (TPSA) is 93.4 Å². The Bertz CT molecular complexity index is 824. The Hall–Kier alpha value is -2.73. The Morgan fingerprint density at radius 2 is 1.92 bits per heavy atom. The van der Waals surface area contributed by atoms with Crippen LogP contribution in [0.15, 0.2) is 36.4 Å². The number of carbonyl (C=O) groups excluding carboxylic acids is 2. The fraction of sp³-hybridized carbons (Fsp3) is 0.263. The van der Waals surface area contributed by atoms with Crippen molar-refractivity contribution in [3.8, 4) is 5.75 Å². The molecule has 26 heavy (non-hydrogen) atoms. The van der Waals surface area contributed by atoms with E-state index in [0.717, 1.165) is 11.1 Å². The van der Waals surface area contributed by atoms with Crippen molar-refractivity contribution < 1.29 is 14.3 Å². The number of ether oxygens (including phenoxy) is 1. The van der Waals surface area contributed by atoms with Crippen LogP contribution in [0.3, 0.4) is 0 Å². The molecule has 0 radical (unpaired) electrons. The summed E-state index contributed by atoms with van der Waals surface area (Å²) >= 11 is 6.01. The molecule has 0 aliphatic heterocycles. The summed E-state index contributed by atoms with van der Waals surface area (Å²) in [6.45, 7) is 6.13.